The van der Waals surface area contributed by atoms with E-state index < -0.39 is 5.67 Å². The highest BCUT2D eigenvalue weighted by atomic mass is 19.1. The van der Waals surface area contributed by atoms with Gasteiger partial charge in [-0.25, -0.2) is 4.39 Å². The standard InChI is InChI=1S/C12H17F/c1-12(2,13)10-6-9-11-7-4-3-5-8-11/h3-5,7-8H,6,9-10H2,1-2H3. The van der Waals surface area contributed by atoms with Crippen molar-refractivity contribution in [3.05, 3.63) is 35.9 Å². The van der Waals surface area contributed by atoms with E-state index in [9.17, 15) is 4.39 Å². The molecule has 13 heavy (non-hydrogen) atoms. The molecule has 0 aromatic heterocycles. The molecular weight excluding hydrogens is 163 g/mol. The first-order chi connectivity index (χ1) is 6.08. The van der Waals surface area contributed by atoms with E-state index in [1.54, 1.807) is 13.8 Å². The number of hydrogen-bond acceptors (Lipinski definition) is 0. The van der Waals surface area contributed by atoms with Gasteiger partial charge in [0.1, 0.15) is 5.67 Å². The first-order valence-electron chi connectivity index (χ1n) is 4.81. The lowest BCUT2D eigenvalue weighted by Crippen LogP contribution is -2.11. The monoisotopic (exact) mass is 180 g/mol. The number of benzene rings is 1. The Kier molecular flexibility index (Phi) is 3.47. The summed E-state index contributed by atoms with van der Waals surface area (Å²) in [6.45, 7) is 3.27. The second kappa shape index (κ2) is 4.40. The molecule has 0 spiro atoms. The minimum absolute atomic E-state index is 0.641. The molecule has 0 aliphatic rings. The van der Waals surface area contributed by atoms with Crippen LogP contribution in [0.2, 0.25) is 0 Å². The van der Waals surface area contributed by atoms with Crippen molar-refractivity contribution >= 4 is 0 Å². The van der Waals surface area contributed by atoms with Gasteiger partial charge in [0, 0.05) is 0 Å². The van der Waals surface area contributed by atoms with Crippen molar-refractivity contribution in [2.75, 3.05) is 0 Å². The Bertz CT molecular complexity index is 233. The summed E-state index contributed by atoms with van der Waals surface area (Å²) in [5, 5.41) is 0. The Balaban J connectivity index is 2.29. The van der Waals surface area contributed by atoms with Gasteiger partial charge < -0.3 is 0 Å². The smallest absolute Gasteiger partial charge is 0.105 e. The Labute approximate surface area is 79.8 Å². The molecular formula is C12H17F. The summed E-state index contributed by atoms with van der Waals surface area (Å²) in [6, 6.07) is 10.2. The van der Waals surface area contributed by atoms with Gasteiger partial charge in [-0.2, -0.15) is 0 Å². The number of hydrogen-bond donors (Lipinski definition) is 0. The summed E-state index contributed by atoms with van der Waals surface area (Å²) in [7, 11) is 0. The summed E-state index contributed by atoms with van der Waals surface area (Å²) in [5.41, 5.74) is 0.279. The fourth-order valence-electron chi connectivity index (χ4n) is 1.36. The predicted molar refractivity (Wildman–Crippen MR) is 54.6 cm³/mol. The Morgan fingerprint density at radius 3 is 2.31 bits per heavy atom. The van der Waals surface area contributed by atoms with E-state index in [-0.39, 0.29) is 0 Å². The van der Waals surface area contributed by atoms with Crippen molar-refractivity contribution in [3.8, 4) is 0 Å². The van der Waals surface area contributed by atoms with Crippen molar-refractivity contribution in [1.29, 1.82) is 0 Å². The van der Waals surface area contributed by atoms with Crippen LogP contribution < -0.4 is 0 Å². The van der Waals surface area contributed by atoms with Gasteiger partial charge in [-0.3, -0.25) is 0 Å². The van der Waals surface area contributed by atoms with Gasteiger partial charge in [-0.1, -0.05) is 30.3 Å². The third-order valence-electron chi connectivity index (χ3n) is 2.08. The number of alkyl halides is 1. The molecule has 0 heterocycles. The lowest BCUT2D eigenvalue weighted by molar-refractivity contribution is 0.197. The van der Waals surface area contributed by atoms with Crippen molar-refractivity contribution in [1.82, 2.24) is 0 Å². The SMILES string of the molecule is CC(C)(F)CCCc1ccccc1. The van der Waals surface area contributed by atoms with Crippen molar-refractivity contribution in [2.45, 2.75) is 38.8 Å². The molecule has 0 bridgehead atoms. The van der Waals surface area contributed by atoms with Gasteiger partial charge in [-0.15, -0.1) is 0 Å². The van der Waals surface area contributed by atoms with Gasteiger partial charge in [0.05, 0.1) is 0 Å². The summed E-state index contributed by atoms with van der Waals surface area (Å²) in [4.78, 5) is 0. The van der Waals surface area contributed by atoms with E-state index in [1.165, 1.54) is 5.56 Å². The molecule has 1 aromatic carbocycles. The molecule has 0 fully saturated rings. The lowest BCUT2D eigenvalue weighted by Gasteiger charge is -2.12. The van der Waals surface area contributed by atoms with Crippen LogP contribution in [0, 0.1) is 0 Å². The molecule has 0 aliphatic heterocycles. The summed E-state index contributed by atoms with van der Waals surface area (Å²) in [5.74, 6) is 0. The maximum atomic E-state index is 13.1. The van der Waals surface area contributed by atoms with Gasteiger partial charge in [-0.05, 0) is 38.7 Å². The summed E-state index contributed by atoms with van der Waals surface area (Å²) in [6.07, 6.45) is 2.55. The van der Waals surface area contributed by atoms with Crippen molar-refractivity contribution in [2.24, 2.45) is 0 Å². The van der Waals surface area contributed by atoms with Crippen LogP contribution in [0.1, 0.15) is 32.3 Å². The minimum atomic E-state index is -1.02. The average Bonchev–Trinajstić information content (AvgIpc) is 2.04. The molecule has 0 N–H and O–H groups in total. The molecule has 0 unspecified atom stereocenters. The van der Waals surface area contributed by atoms with Crippen molar-refractivity contribution < 1.29 is 4.39 Å². The quantitative estimate of drug-likeness (QED) is 0.662. The normalized spacial score (nSPS) is 11.6. The highest BCUT2D eigenvalue weighted by molar-refractivity contribution is 5.14. The molecule has 1 aromatic rings. The Morgan fingerprint density at radius 1 is 1.15 bits per heavy atom. The van der Waals surface area contributed by atoms with E-state index in [0.29, 0.717) is 6.42 Å². The predicted octanol–water partition coefficient (Wildman–Crippen LogP) is 3.76. The highest BCUT2D eigenvalue weighted by Gasteiger charge is 2.13. The Morgan fingerprint density at radius 2 is 1.77 bits per heavy atom. The molecule has 0 saturated heterocycles. The summed E-state index contributed by atoms with van der Waals surface area (Å²) < 4.78 is 13.1. The fraction of sp³-hybridized carbons (Fsp3) is 0.500. The molecule has 0 aliphatic carbocycles. The molecule has 1 heteroatoms. The van der Waals surface area contributed by atoms with Crippen molar-refractivity contribution in [3.63, 3.8) is 0 Å². The highest BCUT2D eigenvalue weighted by Crippen LogP contribution is 2.17. The topological polar surface area (TPSA) is 0 Å². The van der Waals surface area contributed by atoms with Crippen LogP contribution in [0.4, 0.5) is 4.39 Å². The van der Waals surface area contributed by atoms with Crippen LogP contribution in [-0.2, 0) is 6.42 Å². The zero-order valence-electron chi connectivity index (χ0n) is 8.39. The van der Waals surface area contributed by atoms with Gasteiger partial charge >= 0.3 is 0 Å². The van der Waals surface area contributed by atoms with Crippen LogP contribution in [-0.4, -0.2) is 5.67 Å². The lowest BCUT2D eigenvalue weighted by atomic mass is 10.0. The fourth-order valence-corrected chi connectivity index (χ4v) is 1.36. The van der Waals surface area contributed by atoms with Gasteiger partial charge in [0.25, 0.3) is 0 Å². The number of halogens is 1. The molecule has 0 amide bonds. The molecule has 72 valence electrons. The van der Waals surface area contributed by atoms with Gasteiger partial charge in [0.2, 0.25) is 0 Å². The Hall–Kier alpha value is -0.850. The van der Waals surface area contributed by atoms with Crippen LogP contribution in [0.5, 0.6) is 0 Å². The third-order valence-corrected chi connectivity index (χ3v) is 2.08. The maximum Gasteiger partial charge on any atom is 0.105 e. The molecule has 0 saturated carbocycles. The molecule has 0 radical (unpaired) electrons. The second-order valence-corrected chi connectivity index (χ2v) is 4.06. The molecule has 1 rings (SSSR count). The molecule has 0 nitrogen and oxygen atoms in total. The van der Waals surface area contributed by atoms with Crippen LogP contribution in [0.25, 0.3) is 0 Å². The van der Waals surface area contributed by atoms with E-state index in [1.807, 2.05) is 18.2 Å². The maximum absolute atomic E-state index is 13.1. The first-order valence-corrected chi connectivity index (χ1v) is 4.81. The largest absolute Gasteiger partial charge is 0.245 e. The van der Waals surface area contributed by atoms with E-state index in [4.69, 9.17) is 0 Å². The zero-order chi connectivity index (χ0) is 9.73. The first kappa shape index (κ1) is 10.2. The van der Waals surface area contributed by atoms with Crippen LogP contribution >= 0.6 is 0 Å². The average molecular weight is 180 g/mol. The number of aryl methyl sites for hydroxylation is 1. The number of rotatable bonds is 4. The third kappa shape index (κ3) is 4.66. The second-order valence-electron chi connectivity index (χ2n) is 4.06. The molecule has 0 atom stereocenters. The van der Waals surface area contributed by atoms with E-state index in [0.717, 1.165) is 12.8 Å². The van der Waals surface area contributed by atoms with E-state index in [2.05, 4.69) is 12.1 Å². The summed E-state index contributed by atoms with van der Waals surface area (Å²) >= 11 is 0. The van der Waals surface area contributed by atoms with Gasteiger partial charge in [0.15, 0.2) is 0 Å². The zero-order valence-corrected chi connectivity index (χ0v) is 8.39. The van der Waals surface area contributed by atoms with Crippen LogP contribution in [0.3, 0.4) is 0 Å². The van der Waals surface area contributed by atoms with E-state index >= 15 is 0 Å². The van der Waals surface area contributed by atoms with Crippen LogP contribution in [0.15, 0.2) is 30.3 Å². The minimum Gasteiger partial charge on any atom is -0.245 e.